The number of carbonyl (C=O) groups is 3. The fourth-order valence-corrected chi connectivity index (χ4v) is 1.94. The van der Waals surface area contributed by atoms with Gasteiger partial charge in [-0.05, 0) is 11.1 Å². The number of urea groups is 1. The second-order valence-corrected chi connectivity index (χ2v) is 4.51. The highest BCUT2D eigenvalue weighted by Gasteiger charge is 2.33. The van der Waals surface area contributed by atoms with E-state index in [2.05, 4.69) is 0 Å². The zero-order valence-electron chi connectivity index (χ0n) is 10.5. The molecule has 1 aromatic rings. The molecule has 6 nitrogen and oxygen atoms in total. The molecule has 0 aliphatic carbocycles. The van der Waals surface area contributed by atoms with Crippen LogP contribution >= 0.6 is 0 Å². The minimum atomic E-state index is -0.890. The molecule has 6 heteroatoms. The lowest BCUT2D eigenvalue weighted by molar-refractivity contribution is -0.136. The van der Waals surface area contributed by atoms with E-state index in [1.54, 1.807) is 31.3 Å². The number of aliphatic carboxylic acids is 1. The molecule has 1 aliphatic rings. The lowest BCUT2D eigenvalue weighted by atomic mass is 10.1. The van der Waals surface area contributed by atoms with E-state index in [0.29, 0.717) is 5.56 Å². The summed E-state index contributed by atoms with van der Waals surface area (Å²) < 4.78 is 0. The summed E-state index contributed by atoms with van der Waals surface area (Å²) in [4.78, 5) is 36.4. The van der Waals surface area contributed by atoms with Crippen LogP contribution in [0.4, 0.5) is 4.79 Å². The van der Waals surface area contributed by atoms with Crippen LogP contribution in [0.5, 0.6) is 0 Å². The number of carbonyl (C=O) groups excluding carboxylic acids is 2. The summed E-state index contributed by atoms with van der Waals surface area (Å²) in [5, 5.41) is 8.66. The predicted octanol–water partition coefficient (Wildman–Crippen LogP) is 0.708. The molecule has 2 rings (SSSR count). The van der Waals surface area contributed by atoms with E-state index in [-0.39, 0.29) is 31.4 Å². The van der Waals surface area contributed by atoms with E-state index in [9.17, 15) is 14.4 Å². The molecular weight excluding hydrogens is 248 g/mol. The second kappa shape index (κ2) is 5.09. The van der Waals surface area contributed by atoms with Crippen LogP contribution in [-0.4, -0.2) is 46.4 Å². The smallest absolute Gasteiger partial charge is 0.327 e. The molecule has 1 aliphatic heterocycles. The number of benzene rings is 1. The highest BCUT2D eigenvalue weighted by atomic mass is 16.4. The van der Waals surface area contributed by atoms with Crippen LogP contribution in [-0.2, 0) is 22.6 Å². The molecular formula is C13H14N2O4. The van der Waals surface area contributed by atoms with Crippen LogP contribution in [0, 0.1) is 0 Å². The zero-order valence-corrected chi connectivity index (χ0v) is 10.5. The van der Waals surface area contributed by atoms with Crippen molar-refractivity contribution in [1.82, 2.24) is 9.80 Å². The lowest BCUT2D eigenvalue weighted by Gasteiger charge is -2.14. The Morgan fingerprint density at radius 1 is 1.21 bits per heavy atom. The first-order valence-electron chi connectivity index (χ1n) is 5.82. The number of carboxylic acids is 1. The topological polar surface area (TPSA) is 77.9 Å². The van der Waals surface area contributed by atoms with Crippen molar-refractivity contribution in [2.75, 3.05) is 13.6 Å². The molecule has 19 heavy (non-hydrogen) atoms. The number of rotatable bonds is 4. The van der Waals surface area contributed by atoms with Gasteiger partial charge < -0.3 is 10.0 Å². The third-order valence-corrected chi connectivity index (χ3v) is 2.95. The maximum Gasteiger partial charge on any atom is 0.327 e. The molecule has 0 bridgehead atoms. The maximum atomic E-state index is 11.7. The van der Waals surface area contributed by atoms with Crippen LogP contribution in [0.15, 0.2) is 24.3 Å². The van der Waals surface area contributed by atoms with E-state index in [1.165, 1.54) is 9.80 Å². The van der Waals surface area contributed by atoms with Crippen molar-refractivity contribution in [3.8, 4) is 0 Å². The van der Waals surface area contributed by atoms with E-state index in [1.807, 2.05) is 0 Å². The third kappa shape index (κ3) is 2.90. The van der Waals surface area contributed by atoms with Gasteiger partial charge in [0.1, 0.15) is 6.54 Å². The van der Waals surface area contributed by atoms with E-state index in [4.69, 9.17) is 5.11 Å². The average Bonchev–Trinajstić information content (AvgIpc) is 2.58. The van der Waals surface area contributed by atoms with Crippen LogP contribution in [0.1, 0.15) is 11.1 Å². The molecule has 0 unspecified atom stereocenters. The van der Waals surface area contributed by atoms with Gasteiger partial charge in [0.2, 0.25) is 0 Å². The monoisotopic (exact) mass is 262 g/mol. The van der Waals surface area contributed by atoms with Gasteiger partial charge in [-0.3, -0.25) is 14.5 Å². The van der Waals surface area contributed by atoms with E-state index in [0.717, 1.165) is 5.56 Å². The molecule has 0 spiro atoms. The number of hydrogen-bond donors (Lipinski definition) is 1. The van der Waals surface area contributed by atoms with Crippen LogP contribution < -0.4 is 0 Å². The number of hydrogen-bond acceptors (Lipinski definition) is 3. The Labute approximate surface area is 110 Å². The largest absolute Gasteiger partial charge is 0.481 e. The molecule has 3 amide bonds. The summed E-state index contributed by atoms with van der Waals surface area (Å²) in [7, 11) is 1.58. The van der Waals surface area contributed by atoms with Crippen molar-refractivity contribution in [2.24, 2.45) is 0 Å². The predicted molar refractivity (Wildman–Crippen MR) is 66.4 cm³/mol. The number of likely N-dealkylation sites (N-methyl/N-ethyl adjacent to an activating group) is 1. The molecule has 1 saturated heterocycles. The fraction of sp³-hybridized carbons (Fsp3) is 0.308. The number of imide groups is 1. The van der Waals surface area contributed by atoms with Crippen molar-refractivity contribution < 1.29 is 19.5 Å². The van der Waals surface area contributed by atoms with Gasteiger partial charge in [0, 0.05) is 7.05 Å². The van der Waals surface area contributed by atoms with Gasteiger partial charge in [-0.25, -0.2) is 4.79 Å². The van der Waals surface area contributed by atoms with Crippen LogP contribution in [0.25, 0.3) is 0 Å². The third-order valence-electron chi connectivity index (χ3n) is 2.95. The molecule has 1 aromatic carbocycles. The molecule has 1 heterocycles. The second-order valence-electron chi connectivity index (χ2n) is 4.51. The Kier molecular flexibility index (Phi) is 3.50. The van der Waals surface area contributed by atoms with Gasteiger partial charge >= 0.3 is 12.0 Å². The van der Waals surface area contributed by atoms with Crippen molar-refractivity contribution in [3.05, 3.63) is 35.4 Å². The summed E-state index contributed by atoms with van der Waals surface area (Å²) in [6, 6.07) is 6.55. The highest BCUT2D eigenvalue weighted by Crippen LogP contribution is 2.14. The number of amides is 3. The molecule has 100 valence electrons. The van der Waals surface area contributed by atoms with Crippen molar-refractivity contribution in [3.63, 3.8) is 0 Å². The summed E-state index contributed by atoms with van der Waals surface area (Å²) in [6.45, 7) is 0.325. The Hall–Kier alpha value is -2.37. The van der Waals surface area contributed by atoms with Gasteiger partial charge in [0.15, 0.2) is 0 Å². The summed E-state index contributed by atoms with van der Waals surface area (Å²) in [5.41, 5.74) is 1.48. The Morgan fingerprint density at radius 3 is 2.26 bits per heavy atom. The molecule has 0 radical (unpaired) electrons. The number of nitrogens with zero attached hydrogens (tertiary/aromatic N) is 2. The Bertz CT molecular complexity index is 524. The summed E-state index contributed by atoms with van der Waals surface area (Å²) in [5.74, 6) is -1.11. The molecule has 0 atom stereocenters. The zero-order chi connectivity index (χ0) is 14.0. The minimum Gasteiger partial charge on any atom is -0.481 e. The van der Waals surface area contributed by atoms with Gasteiger partial charge in [-0.1, -0.05) is 24.3 Å². The first-order valence-corrected chi connectivity index (χ1v) is 5.82. The van der Waals surface area contributed by atoms with E-state index >= 15 is 0 Å². The van der Waals surface area contributed by atoms with Gasteiger partial charge in [-0.2, -0.15) is 0 Å². The first-order chi connectivity index (χ1) is 8.97. The standard InChI is InChI=1S/C13H14N2O4/c1-14-8-11(16)15(13(14)19)7-10-4-2-9(3-5-10)6-12(17)18/h2-5H,6-8H2,1H3,(H,17,18). The van der Waals surface area contributed by atoms with Gasteiger partial charge in [0.05, 0.1) is 13.0 Å². The molecule has 0 aromatic heterocycles. The lowest BCUT2D eigenvalue weighted by Crippen LogP contribution is -2.31. The fourth-order valence-electron chi connectivity index (χ4n) is 1.94. The number of carboxylic acid groups (broad SMARTS) is 1. The summed E-state index contributed by atoms with van der Waals surface area (Å²) >= 11 is 0. The molecule has 1 N–H and O–H groups in total. The van der Waals surface area contributed by atoms with Crippen molar-refractivity contribution in [1.29, 1.82) is 0 Å². The molecule has 0 saturated carbocycles. The van der Waals surface area contributed by atoms with Crippen LogP contribution in [0.3, 0.4) is 0 Å². The average molecular weight is 262 g/mol. The summed E-state index contributed by atoms with van der Waals surface area (Å²) in [6.07, 6.45) is -0.0371. The van der Waals surface area contributed by atoms with E-state index < -0.39 is 5.97 Å². The van der Waals surface area contributed by atoms with Crippen molar-refractivity contribution >= 4 is 17.9 Å². The Morgan fingerprint density at radius 2 is 1.79 bits per heavy atom. The molecule has 1 fully saturated rings. The SMILES string of the molecule is CN1CC(=O)N(Cc2ccc(CC(=O)O)cc2)C1=O. The Balaban J connectivity index is 2.05. The van der Waals surface area contributed by atoms with Crippen LogP contribution in [0.2, 0.25) is 0 Å². The first kappa shape index (κ1) is 13.1. The highest BCUT2D eigenvalue weighted by molar-refractivity contribution is 6.01. The maximum absolute atomic E-state index is 11.7. The van der Waals surface area contributed by atoms with Gasteiger partial charge in [0.25, 0.3) is 5.91 Å². The quantitative estimate of drug-likeness (QED) is 0.810. The normalized spacial score (nSPS) is 15.2. The minimum absolute atomic E-state index is 0.0371. The van der Waals surface area contributed by atoms with Crippen molar-refractivity contribution in [2.45, 2.75) is 13.0 Å². The van der Waals surface area contributed by atoms with Gasteiger partial charge in [-0.15, -0.1) is 0 Å².